The molecular formula is C15H17NO4. The van der Waals surface area contributed by atoms with Crippen LogP contribution >= 0.6 is 0 Å². The summed E-state index contributed by atoms with van der Waals surface area (Å²) in [4.78, 5) is 25.4. The minimum Gasteiger partial charge on any atom is -0.496 e. The van der Waals surface area contributed by atoms with Gasteiger partial charge in [-0.05, 0) is 18.9 Å². The summed E-state index contributed by atoms with van der Waals surface area (Å²) < 4.78 is 5.34. The van der Waals surface area contributed by atoms with E-state index < -0.39 is 17.9 Å². The lowest BCUT2D eigenvalue weighted by Crippen LogP contribution is -2.32. The third kappa shape index (κ3) is 2.03. The van der Waals surface area contributed by atoms with E-state index in [9.17, 15) is 14.7 Å². The van der Waals surface area contributed by atoms with Crippen molar-refractivity contribution in [3.8, 4) is 5.75 Å². The van der Waals surface area contributed by atoms with Gasteiger partial charge in [-0.2, -0.15) is 0 Å². The van der Waals surface area contributed by atoms with Gasteiger partial charge in [-0.1, -0.05) is 18.2 Å². The molecule has 0 radical (unpaired) electrons. The Bertz CT molecular complexity index is 553. The second-order valence-corrected chi connectivity index (χ2v) is 5.37. The van der Waals surface area contributed by atoms with Gasteiger partial charge >= 0.3 is 5.97 Å². The molecule has 1 saturated carbocycles. The number of aliphatic carboxylic acids is 1. The fourth-order valence-electron chi connectivity index (χ4n) is 3.04. The van der Waals surface area contributed by atoms with E-state index in [2.05, 4.69) is 0 Å². The molecular weight excluding hydrogens is 258 g/mol. The van der Waals surface area contributed by atoms with Crippen LogP contribution < -0.4 is 4.74 Å². The molecule has 1 aliphatic carbocycles. The number of hydrogen-bond donors (Lipinski definition) is 1. The number of nitrogens with zero attached hydrogens (tertiary/aromatic N) is 1. The van der Waals surface area contributed by atoms with E-state index in [1.807, 2.05) is 24.3 Å². The summed E-state index contributed by atoms with van der Waals surface area (Å²) in [5.74, 6) is -1.03. The largest absolute Gasteiger partial charge is 0.496 e. The van der Waals surface area contributed by atoms with Crippen molar-refractivity contribution in [2.45, 2.75) is 31.3 Å². The van der Waals surface area contributed by atoms with Crippen molar-refractivity contribution in [3.05, 3.63) is 29.8 Å². The summed E-state index contributed by atoms with van der Waals surface area (Å²) in [7, 11) is 1.56. The molecule has 1 heterocycles. The minimum absolute atomic E-state index is 0.0594. The van der Waals surface area contributed by atoms with E-state index in [0.717, 1.165) is 18.4 Å². The van der Waals surface area contributed by atoms with Crippen molar-refractivity contribution >= 4 is 11.9 Å². The molecule has 1 saturated heterocycles. The van der Waals surface area contributed by atoms with E-state index in [-0.39, 0.29) is 18.4 Å². The van der Waals surface area contributed by atoms with Crippen molar-refractivity contribution < 1.29 is 19.4 Å². The Hall–Kier alpha value is -2.04. The van der Waals surface area contributed by atoms with Crippen molar-refractivity contribution in [2.24, 2.45) is 5.92 Å². The van der Waals surface area contributed by atoms with E-state index in [0.29, 0.717) is 5.75 Å². The molecule has 0 bridgehead atoms. The number of hydrogen-bond acceptors (Lipinski definition) is 3. The maximum Gasteiger partial charge on any atom is 0.309 e. The average Bonchev–Trinajstić information content (AvgIpc) is 3.21. The number of carbonyl (C=O) groups is 2. The predicted octanol–water partition coefficient (Wildman–Crippen LogP) is 1.83. The fraction of sp³-hybridized carbons (Fsp3) is 0.467. The van der Waals surface area contributed by atoms with Crippen LogP contribution in [0.25, 0.3) is 0 Å². The van der Waals surface area contributed by atoms with E-state index in [4.69, 9.17) is 4.74 Å². The number of para-hydroxylation sites is 1. The number of methoxy groups -OCH3 is 1. The van der Waals surface area contributed by atoms with Gasteiger partial charge in [-0.15, -0.1) is 0 Å². The quantitative estimate of drug-likeness (QED) is 0.910. The zero-order chi connectivity index (χ0) is 14.3. The molecule has 5 heteroatoms. The normalized spacial score (nSPS) is 25.9. The summed E-state index contributed by atoms with van der Waals surface area (Å²) in [6.45, 7) is 0. The van der Waals surface area contributed by atoms with Gasteiger partial charge < -0.3 is 14.7 Å². The minimum atomic E-state index is -0.919. The number of likely N-dealkylation sites (tertiary alicyclic amines) is 1. The molecule has 1 N–H and O–H groups in total. The zero-order valence-electron chi connectivity index (χ0n) is 11.3. The van der Waals surface area contributed by atoms with Gasteiger partial charge in [0, 0.05) is 18.0 Å². The van der Waals surface area contributed by atoms with Gasteiger partial charge in [-0.3, -0.25) is 9.59 Å². The molecule has 0 spiro atoms. The Morgan fingerprint density at radius 2 is 2.05 bits per heavy atom. The number of carbonyl (C=O) groups excluding carboxylic acids is 1. The molecule has 20 heavy (non-hydrogen) atoms. The van der Waals surface area contributed by atoms with E-state index in [1.54, 1.807) is 12.0 Å². The molecule has 1 aliphatic heterocycles. The van der Waals surface area contributed by atoms with Crippen LogP contribution in [0.5, 0.6) is 5.75 Å². The summed E-state index contributed by atoms with van der Waals surface area (Å²) >= 11 is 0. The lowest BCUT2D eigenvalue weighted by atomic mass is 9.93. The lowest BCUT2D eigenvalue weighted by Gasteiger charge is -2.28. The van der Waals surface area contributed by atoms with Crippen molar-refractivity contribution in [1.29, 1.82) is 0 Å². The molecule has 2 atom stereocenters. The van der Waals surface area contributed by atoms with Crippen LogP contribution in [0.1, 0.15) is 30.9 Å². The SMILES string of the molecule is COc1ccccc1C1C(C(=O)O)CC(=O)N1C1CC1. The summed E-state index contributed by atoms with van der Waals surface area (Å²) in [5.41, 5.74) is 0.792. The van der Waals surface area contributed by atoms with Crippen LogP contribution in [0.15, 0.2) is 24.3 Å². The van der Waals surface area contributed by atoms with Crippen LogP contribution in [0.3, 0.4) is 0 Å². The molecule has 0 aromatic heterocycles. The predicted molar refractivity (Wildman–Crippen MR) is 71.3 cm³/mol. The summed E-state index contributed by atoms with van der Waals surface area (Å²) in [5, 5.41) is 9.43. The molecule has 2 unspecified atom stereocenters. The lowest BCUT2D eigenvalue weighted by molar-refractivity contribution is -0.142. The first-order valence-electron chi connectivity index (χ1n) is 6.80. The summed E-state index contributed by atoms with van der Waals surface area (Å²) in [6, 6.07) is 7.14. The van der Waals surface area contributed by atoms with Crippen LogP contribution in [-0.4, -0.2) is 35.0 Å². The first kappa shape index (κ1) is 13.0. The van der Waals surface area contributed by atoms with Crippen LogP contribution in [0.2, 0.25) is 0 Å². The molecule has 5 nitrogen and oxygen atoms in total. The smallest absolute Gasteiger partial charge is 0.309 e. The second kappa shape index (κ2) is 4.81. The number of benzene rings is 1. The topological polar surface area (TPSA) is 66.8 Å². The Labute approximate surface area is 117 Å². The fourth-order valence-corrected chi connectivity index (χ4v) is 3.04. The first-order chi connectivity index (χ1) is 9.63. The molecule has 106 valence electrons. The number of carboxylic acids is 1. The molecule has 1 aromatic rings. The Morgan fingerprint density at radius 1 is 1.35 bits per heavy atom. The van der Waals surface area contributed by atoms with Gasteiger partial charge in [-0.25, -0.2) is 0 Å². The van der Waals surface area contributed by atoms with E-state index in [1.165, 1.54) is 0 Å². The number of ether oxygens (including phenoxy) is 1. The standard InChI is InChI=1S/C15H17NO4/c1-20-12-5-3-2-4-10(12)14-11(15(18)19)8-13(17)16(14)9-6-7-9/h2-5,9,11,14H,6-8H2,1H3,(H,18,19). The Kier molecular flexibility index (Phi) is 3.12. The maximum absolute atomic E-state index is 12.2. The average molecular weight is 275 g/mol. The number of carboxylic acid groups (broad SMARTS) is 1. The molecule has 2 aliphatic rings. The van der Waals surface area contributed by atoms with Gasteiger partial charge in [0.2, 0.25) is 5.91 Å². The number of rotatable bonds is 4. The van der Waals surface area contributed by atoms with E-state index >= 15 is 0 Å². The second-order valence-electron chi connectivity index (χ2n) is 5.37. The highest BCUT2D eigenvalue weighted by Crippen LogP contribution is 2.47. The third-order valence-corrected chi connectivity index (χ3v) is 4.08. The van der Waals surface area contributed by atoms with Gasteiger partial charge in [0.25, 0.3) is 0 Å². The Morgan fingerprint density at radius 3 is 2.65 bits per heavy atom. The highest BCUT2D eigenvalue weighted by atomic mass is 16.5. The van der Waals surface area contributed by atoms with Gasteiger partial charge in [0.05, 0.1) is 19.1 Å². The molecule has 1 amide bonds. The maximum atomic E-state index is 12.2. The van der Waals surface area contributed by atoms with Crippen LogP contribution in [0.4, 0.5) is 0 Å². The highest BCUT2D eigenvalue weighted by molar-refractivity contribution is 5.88. The van der Waals surface area contributed by atoms with Crippen molar-refractivity contribution in [1.82, 2.24) is 4.90 Å². The van der Waals surface area contributed by atoms with Gasteiger partial charge in [0.1, 0.15) is 5.75 Å². The van der Waals surface area contributed by atoms with Crippen molar-refractivity contribution in [2.75, 3.05) is 7.11 Å². The zero-order valence-corrected chi connectivity index (χ0v) is 11.3. The molecule has 3 rings (SSSR count). The van der Waals surface area contributed by atoms with Crippen LogP contribution in [-0.2, 0) is 9.59 Å². The van der Waals surface area contributed by atoms with Crippen molar-refractivity contribution in [3.63, 3.8) is 0 Å². The highest BCUT2D eigenvalue weighted by Gasteiger charge is 2.50. The monoisotopic (exact) mass is 275 g/mol. The molecule has 2 fully saturated rings. The van der Waals surface area contributed by atoms with Gasteiger partial charge in [0.15, 0.2) is 0 Å². The first-order valence-corrected chi connectivity index (χ1v) is 6.80. The van der Waals surface area contributed by atoms with Crippen LogP contribution in [0, 0.1) is 5.92 Å². The molecule has 1 aromatic carbocycles. The number of amides is 1. The Balaban J connectivity index is 2.05. The summed E-state index contributed by atoms with van der Waals surface area (Å²) in [6.07, 6.45) is 2.00. The third-order valence-electron chi connectivity index (χ3n) is 4.08.